The van der Waals surface area contributed by atoms with Gasteiger partial charge in [-0.2, -0.15) is 5.10 Å². The summed E-state index contributed by atoms with van der Waals surface area (Å²) in [5.41, 5.74) is 3.62. The second-order valence-corrected chi connectivity index (χ2v) is 9.67. The van der Waals surface area contributed by atoms with Gasteiger partial charge in [-0.15, -0.1) is 0 Å². The number of benzene rings is 2. The Morgan fingerprint density at radius 1 is 1.15 bits per heavy atom. The quantitative estimate of drug-likeness (QED) is 0.733. The van der Waals surface area contributed by atoms with Crippen LogP contribution in [0.2, 0.25) is 0 Å². The highest BCUT2D eigenvalue weighted by Crippen LogP contribution is 2.24. The number of piperidine rings is 1. The molecule has 2 heterocycles. The topological polar surface area (TPSA) is 66.1 Å². The van der Waals surface area contributed by atoms with E-state index in [4.69, 9.17) is 0 Å². The van der Waals surface area contributed by atoms with Crippen molar-refractivity contribution < 1.29 is 8.42 Å². The predicted octanol–water partition coefficient (Wildman–Crippen LogP) is 3.42. The van der Waals surface area contributed by atoms with Crippen LogP contribution in [0.4, 0.5) is 0 Å². The lowest BCUT2D eigenvalue weighted by Crippen LogP contribution is -2.35. The Labute approximate surface area is 160 Å². The second kappa shape index (κ2) is 7.44. The summed E-state index contributed by atoms with van der Waals surface area (Å²) in [6.45, 7) is 3.06. The van der Waals surface area contributed by atoms with Crippen LogP contribution in [0.25, 0.3) is 10.9 Å². The summed E-state index contributed by atoms with van der Waals surface area (Å²) in [6.07, 6.45) is 6.68. The average molecular weight is 384 g/mol. The van der Waals surface area contributed by atoms with Crippen LogP contribution in [-0.4, -0.2) is 42.9 Å². The molecule has 0 amide bonds. The molecule has 0 bridgehead atoms. The number of H-pyrrole nitrogens is 1. The minimum atomic E-state index is -3.13. The standard InChI is InChI=1S/C21H25N3O2S/c1-27(25,26)20-7-4-16(5-8-20)14-24-10-2-3-18(15-24)11-17-6-9-21-19(12-17)13-22-23-21/h4-9,12-13,18H,2-3,10-11,14-15H2,1H3,(H,22,23). The second-order valence-electron chi connectivity index (χ2n) is 7.66. The van der Waals surface area contributed by atoms with Crippen molar-refractivity contribution in [3.63, 3.8) is 0 Å². The zero-order valence-corrected chi connectivity index (χ0v) is 16.4. The number of hydrogen-bond acceptors (Lipinski definition) is 4. The fourth-order valence-corrected chi connectivity index (χ4v) is 4.64. The third-order valence-electron chi connectivity index (χ3n) is 5.39. The van der Waals surface area contributed by atoms with E-state index in [-0.39, 0.29) is 0 Å². The maximum Gasteiger partial charge on any atom is 0.175 e. The van der Waals surface area contributed by atoms with Crippen molar-refractivity contribution in [1.29, 1.82) is 0 Å². The van der Waals surface area contributed by atoms with Crippen molar-refractivity contribution in [1.82, 2.24) is 15.1 Å². The smallest absolute Gasteiger partial charge is 0.175 e. The monoisotopic (exact) mass is 383 g/mol. The van der Waals surface area contributed by atoms with Gasteiger partial charge in [0.2, 0.25) is 0 Å². The van der Waals surface area contributed by atoms with E-state index in [9.17, 15) is 8.42 Å². The minimum absolute atomic E-state index is 0.386. The molecule has 1 saturated heterocycles. The normalized spacial score (nSPS) is 18.8. The van der Waals surface area contributed by atoms with Gasteiger partial charge in [-0.1, -0.05) is 18.2 Å². The zero-order valence-electron chi connectivity index (χ0n) is 15.6. The van der Waals surface area contributed by atoms with Crippen LogP contribution >= 0.6 is 0 Å². The molecule has 3 aromatic rings. The summed E-state index contributed by atoms with van der Waals surface area (Å²) >= 11 is 0. The van der Waals surface area contributed by atoms with Gasteiger partial charge >= 0.3 is 0 Å². The number of nitrogens with zero attached hydrogens (tertiary/aromatic N) is 2. The number of rotatable bonds is 5. The highest BCUT2D eigenvalue weighted by molar-refractivity contribution is 7.90. The van der Waals surface area contributed by atoms with Crippen molar-refractivity contribution in [2.45, 2.75) is 30.7 Å². The lowest BCUT2D eigenvalue weighted by molar-refractivity contribution is 0.167. The molecule has 6 heteroatoms. The Morgan fingerprint density at radius 3 is 2.70 bits per heavy atom. The van der Waals surface area contributed by atoms with E-state index < -0.39 is 9.84 Å². The lowest BCUT2D eigenvalue weighted by Gasteiger charge is -2.33. The van der Waals surface area contributed by atoms with E-state index >= 15 is 0 Å². The van der Waals surface area contributed by atoms with Gasteiger partial charge in [0.1, 0.15) is 0 Å². The SMILES string of the molecule is CS(=O)(=O)c1ccc(CN2CCCC(Cc3ccc4[nH]ncc4c3)C2)cc1. The van der Waals surface area contributed by atoms with E-state index in [1.165, 1.54) is 35.6 Å². The Hall–Kier alpha value is -2.18. The molecule has 1 aliphatic rings. The van der Waals surface area contributed by atoms with Gasteiger partial charge in [0.25, 0.3) is 0 Å². The number of hydrogen-bond donors (Lipinski definition) is 1. The summed E-state index contributed by atoms with van der Waals surface area (Å²) in [7, 11) is -3.13. The van der Waals surface area contributed by atoms with Crippen LogP contribution in [-0.2, 0) is 22.8 Å². The maximum absolute atomic E-state index is 11.6. The highest BCUT2D eigenvalue weighted by atomic mass is 32.2. The van der Waals surface area contributed by atoms with Crippen LogP contribution in [0.5, 0.6) is 0 Å². The molecule has 2 aromatic carbocycles. The zero-order chi connectivity index (χ0) is 18.9. The van der Waals surface area contributed by atoms with Gasteiger partial charge in [0, 0.05) is 24.7 Å². The van der Waals surface area contributed by atoms with Gasteiger partial charge < -0.3 is 0 Å². The van der Waals surface area contributed by atoms with Crippen LogP contribution < -0.4 is 0 Å². The summed E-state index contributed by atoms with van der Waals surface area (Å²) in [4.78, 5) is 2.87. The van der Waals surface area contributed by atoms with E-state index in [2.05, 4.69) is 33.3 Å². The van der Waals surface area contributed by atoms with Crippen molar-refractivity contribution >= 4 is 20.7 Å². The fourth-order valence-electron chi connectivity index (χ4n) is 4.01. The molecule has 142 valence electrons. The largest absolute Gasteiger partial charge is 0.299 e. The van der Waals surface area contributed by atoms with Gasteiger partial charge in [0.15, 0.2) is 9.84 Å². The summed E-state index contributed by atoms with van der Waals surface area (Å²) in [5.74, 6) is 0.651. The number of nitrogens with one attached hydrogen (secondary N) is 1. The first-order valence-corrected chi connectivity index (χ1v) is 11.3. The molecule has 5 nitrogen and oxygen atoms in total. The van der Waals surface area contributed by atoms with Crippen molar-refractivity contribution in [2.24, 2.45) is 5.92 Å². The summed E-state index contributed by atoms with van der Waals surface area (Å²) < 4.78 is 23.2. The average Bonchev–Trinajstić information content (AvgIpc) is 3.09. The lowest BCUT2D eigenvalue weighted by atomic mass is 9.90. The van der Waals surface area contributed by atoms with Crippen molar-refractivity contribution in [3.8, 4) is 0 Å². The Balaban J connectivity index is 1.39. The molecular weight excluding hydrogens is 358 g/mol. The Kier molecular flexibility index (Phi) is 5.02. The van der Waals surface area contributed by atoms with E-state index in [0.717, 1.165) is 31.6 Å². The first kappa shape index (κ1) is 18.2. The molecule has 1 N–H and O–H groups in total. The van der Waals surface area contributed by atoms with Gasteiger partial charge in [-0.05, 0) is 67.1 Å². The van der Waals surface area contributed by atoms with E-state index in [0.29, 0.717) is 10.8 Å². The number of aromatic nitrogens is 2. The maximum atomic E-state index is 11.6. The number of likely N-dealkylation sites (tertiary alicyclic amines) is 1. The molecule has 0 radical (unpaired) electrons. The van der Waals surface area contributed by atoms with Gasteiger partial charge in [-0.25, -0.2) is 8.42 Å². The van der Waals surface area contributed by atoms with Crippen molar-refractivity contribution in [3.05, 3.63) is 59.8 Å². The first-order valence-electron chi connectivity index (χ1n) is 9.41. The molecule has 0 spiro atoms. The third kappa shape index (κ3) is 4.39. The summed E-state index contributed by atoms with van der Waals surface area (Å²) in [5, 5.41) is 8.27. The fraction of sp³-hybridized carbons (Fsp3) is 0.381. The first-order chi connectivity index (χ1) is 13.0. The molecular formula is C21H25N3O2S. The molecule has 0 aliphatic carbocycles. The summed E-state index contributed by atoms with van der Waals surface area (Å²) in [6, 6.07) is 13.9. The molecule has 0 saturated carbocycles. The molecule has 1 unspecified atom stereocenters. The van der Waals surface area contributed by atoms with Crippen LogP contribution in [0.15, 0.2) is 53.6 Å². The minimum Gasteiger partial charge on any atom is -0.299 e. The molecule has 1 atom stereocenters. The highest BCUT2D eigenvalue weighted by Gasteiger charge is 2.20. The number of sulfone groups is 1. The van der Waals surface area contributed by atoms with Gasteiger partial charge in [0.05, 0.1) is 16.6 Å². The molecule has 27 heavy (non-hydrogen) atoms. The predicted molar refractivity (Wildman–Crippen MR) is 107 cm³/mol. The van der Waals surface area contributed by atoms with E-state index in [1.807, 2.05) is 18.3 Å². The molecule has 1 fully saturated rings. The Morgan fingerprint density at radius 2 is 1.93 bits per heavy atom. The molecule has 1 aromatic heterocycles. The molecule has 1 aliphatic heterocycles. The van der Waals surface area contributed by atoms with Crippen LogP contribution in [0, 0.1) is 5.92 Å². The van der Waals surface area contributed by atoms with Crippen LogP contribution in [0.1, 0.15) is 24.0 Å². The van der Waals surface area contributed by atoms with Gasteiger partial charge in [-0.3, -0.25) is 10.00 Å². The van der Waals surface area contributed by atoms with E-state index in [1.54, 1.807) is 12.1 Å². The third-order valence-corrected chi connectivity index (χ3v) is 6.52. The van der Waals surface area contributed by atoms with Crippen LogP contribution in [0.3, 0.4) is 0 Å². The molecule has 4 rings (SSSR count). The van der Waals surface area contributed by atoms with Crippen molar-refractivity contribution in [2.75, 3.05) is 19.3 Å². The Bertz CT molecular complexity index is 1030. The number of fused-ring (bicyclic) bond motifs is 1. The number of aromatic amines is 1.